The molecule has 7 heteroatoms. The fourth-order valence-electron chi connectivity index (χ4n) is 3.94. The van der Waals surface area contributed by atoms with E-state index in [1.807, 2.05) is 6.92 Å². The zero-order valence-corrected chi connectivity index (χ0v) is 19.9. The van der Waals surface area contributed by atoms with Crippen LogP contribution in [0, 0.1) is 10.1 Å². The Morgan fingerprint density at radius 2 is 1.32 bits per heavy atom. The number of unbranched alkanes of at least 4 members (excludes halogenated alkanes) is 15. The Balaban J connectivity index is 1.95. The zero-order chi connectivity index (χ0) is 22.7. The van der Waals surface area contributed by atoms with Crippen LogP contribution < -0.4 is 5.32 Å². The summed E-state index contributed by atoms with van der Waals surface area (Å²) in [7, 11) is 0. The van der Waals surface area contributed by atoms with Gasteiger partial charge in [0, 0.05) is 13.1 Å². The first-order valence-electron chi connectivity index (χ1n) is 12.6. The van der Waals surface area contributed by atoms with E-state index >= 15 is 0 Å². The van der Waals surface area contributed by atoms with Crippen molar-refractivity contribution in [2.24, 2.45) is 0 Å². The maximum Gasteiger partial charge on any atom is 0.320 e. The van der Waals surface area contributed by atoms with Gasteiger partial charge in [0.1, 0.15) is 6.20 Å². The van der Waals surface area contributed by atoms with Crippen LogP contribution in [-0.4, -0.2) is 27.2 Å². The summed E-state index contributed by atoms with van der Waals surface area (Å²) in [6.07, 6.45) is 22.1. The van der Waals surface area contributed by atoms with Crippen molar-refractivity contribution in [3.8, 4) is 0 Å². The van der Waals surface area contributed by atoms with E-state index in [1.54, 1.807) is 0 Å². The summed E-state index contributed by atoms with van der Waals surface area (Å²) in [5.41, 5.74) is -0.185. The third-order valence-electron chi connectivity index (χ3n) is 5.85. The molecule has 0 atom stereocenters. The number of carbonyl (C=O) groups excluding carboxylic acids is 1. The van der Waals surface area contributed by atoms with Gasteiger partial charge in [-0.25, -0.2) is 0 Å². The SMILES string of the molecule is CCCCCCCCCCCCCCCCCCNC(=O)c1c([N+](=O)[O-])cnn1CC. The summed E-state index contributed by atoms with van der Waals surface area (Å²) in [6, 6.07) is 0. The highest BCUT2D eigenvalue weighted by Crippen LogP contribution is 2.18. The first-order valence-corrected chi connectivity index (χ1v) is 12.6. The van der Waals surface area contributed by atoms with E-state index in [1.165, 1.54) is 94.6 Å². The van der Waals surface area contributed by atoms with Crippen molar-refractivity contribution in [1.29, 1.82) is 0 Å². The number of aromatic nitrogens is 2. The van der Waals surface area contributed by atoms with Gasteiger partial charge in [0.15, 0.2) is 0 Å². The molecule has 31 heavy (non-hydrogen) atoms. The molecule has 0 radical (unpaired) electrons. The lowest BCUT2D eigenvalue weighted by molar-refractivity contribution is -0.385. The van der Waals surface area contributed by atoms with Crippen molar-refractivity contribution in [3.05, 3.63) is 22.0 Å². The predicted octanol–water partition coefficient (Wildman–Crippen LogP) is 6.80. The molecule has 0 spiro atoms. The lowest BCUT2D eigenvalue weighted by Gasteiger charge is -2.07. The molecule has 0 aromatic carbocycles. The average molecular weight is 437 g/mol. The van der Waals surface area contributed by atoms with Crippen LogP contribution in [0.25, 0.3) is 0 Å². The molecule has 0 bridgehead atoms. The van der Waals surface area contributed by atoms with Gasteiger partial charge in [-0.3, -0.25) is 19.6 Å². The quantitative estimate of drug-likeness (QED) is 0.138. The Kier molecular flexibility index (Phi) is 15.5. The number of amides is 1. The fourth-order valence-corrected chi connectivity index (χ4v) is 3.94. The monoisotopic (exact) mass is 436 g/mol. The highest BCUT2D eigenvalue weighted by Gasteiger charge is 2.25. The minimum absolute atomic E-state index is 0.0454. The van der Waals surface area contributed by atoms with Crippen LogP contribution in [0.15, 0.2) is 6.20 Å². The number of hydrogen-bond donors (Lipinski definition) is 1. The fraction of sp³-hybridized carbons (Fsp3) is 0.833. The maximum atomic E-state index is 12.3. The van der Waals surface area contributed by atoms with Gasteiger partial charge < -0.3 is 5.32 Å². The first-order chi connectivity index (χ1) is 15.1. The number of carbonyl (C=O) groups is 1. The van der Waals surface area contributed by atoms with E-state index in [9.17, 15) is 14.9 Å². The summed E-state index contributed by atoms with van der Waals surface area (Å²) in [5.74, 6) is -0.410. The van der Waals surface area contributed by atoms with Gasteiger partial charge in [-0.2, -0.15) is 5.10 Å². The molecule has 7 nitrogen and oxygen atoms in total. The summed E-state index contributed by atoms with van der Waals surface area (Å²) in [5, 5.41) is 17.8. The van der Waals surface area contributed by atoms with E-state index in [0.29, 0.717) is 13.1 Å². The third kappa shape index (κ3) is 11.9. The van der Waals surface area contributed by atoms with Crippen molar-refractivity contribution >= 4 is 11.6 Å². The molecule has 0 saturated carbocycles. The summed E-state index contributed by atoms with van der Waals surface area (Å²) >= 11 is 0. The molecular formula is C24H44N4O3. The highest BCUT2D eigenvalue weighted by atomic mass is 16.6. The zero-order valence-electron chi connectivity index (χ0n) is 19.9. The number of rotatable bonds is 20. The summed E-state index contributed by atoms with van der Waals surface area (Å²) in [6.45, 7) is 5.05. The van der Waals surface area contributed by atoms with Crippen molar-refractivity contribution in [2.75, 3.05) is 6.54 Å². The lowest BCUT2D eigenvalue weighted by atomic mass is 10.0. The molecule has 0 aliphatic heterocycles. The van der Waals surface area contributed by atoms with Crippen LogP contribution in [0.3, 0.4) is 0 Å². The molecule has 1 heterocycles. The number of nitrogens with zero attached hydrogens (tertiary/aromatic N) is 3. The van der Waals surface area contributed by atoms with Crippen LogP contribution in [0.1, 0.15) is 127 Å². The molecule has 1 amide bonds. The van der Waals surface area contributed by atoms with Gasteiger partial charge in [0.25, 0.3) is 5.91 Å². The van der Waals surface area contributed by atoms with Crippen LogP contribution in [0.4, 0.5) is 5.69 Å². The molecule has 1 rings (SSSR count). The smallest absolute Gasteiger partial charge is 0.320 e. The van der Waals surface area contributed by atoms with E-state index < -0.39 is 10.8 Å². The molecular weight excluding hydrogens is 392 g/mol. The molecule has 0 unspecified atom stereocenters. The second-order valence-electron chi connectivity index (χ2n) is 8.51. The second kappa shape index (κ2) is 17.7. The third-order valence-corrected chi connectivity index (χ3v) is 5.85. The second-order valence-corrected chi connectivity index (χ2v) is 8.51. The van der Waals surface area contributed by atoms with Crippen LogP contribution >= 0.6 is 0 Å². The van der Waals surface area contributed by atoms with E-state index in [4.69, 9.17) is 0 Å². The maximum absolute atomic E-state index is 12.3. The molecule has 1 aromatic heterocycles. The molecule has 1 aromatic rings. The first kappa shape index (κ1) is 27.1. The van der Waals surface area contributed by atoms with Crippen molar-refractivity contribution < 1.29 is 9.72 Å². The number of nitro groups is 1. The minimum Gasteiger partial charge on any atom is -0.350 e. The Morgan fingerprint density at radius 1 is 0.871 bits per heavy atom. The largest absolute Gasteiger partial charge is 0.350 e. The molecule has 0 aliphatic carbocycles. The van der Waals surface area contributed by atoms with E-state index in [-0.39, 0.29) is 11.4 Å². The Morgan fingerprint density at radius 3 is 1.74 bits per heavy atom. The van der Waals surface area contributed by atoms with Gasteiger partial charge in [-0.1, -0.05) is 103 Å². The standard InChI is InChI=1S/C24H44N4O3/c1-3-5-6-7-8-9-10-11-12-13-14-15-16-17-18-19-20-25-24(29)23-22(28(30)31)21-26-27(23)4-2/h21H,3-20H2,1-2H3,(H,25,29). The summed E-state index contributed by atoms with van der Waals surface area (Å²) in [4.78, 5) is 22.8. The minimum atomic E-state index is -0.553. The lowest BCUT2D eigenvalue weighted by Crippen LogP contribution is -2.27. The topological polar surface area (TPSA) is 90.1 Å². The van der Waals surface area contributed by atoms with E-state index in [0.717, 1.165) is 19.0 Å². The number of aryl methyl sites for hydroxylation is 1. The van der Waals surface area contributed by atoms with Crippen LogP contribution in [0.5, 0.6) is 0 Å². The molecule has 0 fully saturated rings. The molecule has 0 saturated heterocycles. The van der Waals surface area contributed by atoms with Gasteiger partial charge in [-0.05, 0) is 13.3 Å². The van der Waals surface area contributed by atoms with Crippen LogP contribution in [-0.2, 0) is 6.54 Å². The van der Waals surface area contributed by atoms with E-state index in [2.05, 4.69) is 17.3 Å². The Labute approximate surface area is 188 Å². The molecule has 178 valence electrons. The van der Waals surface area contributed by atoms with Gasteiger partial charge in [0.05, 0.1) is 4.92 Å². The van der Waals surface area contributed by atoms with Gasteiger partial charge >= 0.3 is 5.69 Å². The van der Waals surface area contributed by atoms with Gasteiger partial charge in [-0.15, -0.1) is 0 Å². The molecule has 0 aliphatic rings. The number of hydrogen-bond acceptors (Lipinski definition) is 4. The summed E-state index contributed by atoms with van der Waals surface area (Å²) < 4.78 is 1.38. The predicted molar refractivity (Wildman–Crippen MR) is 126 cm³/mol. The van der Waals surface area contributed by atoms with Crippen molar-refractivity contribution in [2.45, 2.75) is 123 Å². The number of nitrogens with one attached hydrogen (secondary N) is 1. The van der Waals surface area contributed by atoms with Crippen molar-refractivity contribution in [1.82, 2.24) is 15.1 Å². The van der Waals surface area contributed by atoms with Crippen LogP contribution in [0.2, 0.25) is 0 Å². The average Bonchev–Trinajstić information content (AvgIpc) is 3.20. The highest BCUT2D eigenvalue weighted by molar-refractivity contribution is 5.96. The Hall–Kier alpha value is -1.92. The Bertz CT molecular complexity index is 616. The normalized spacial score (nSPS) is 11.0. The molecule has 1 N–H and O–H groups in total. The van der Waals surface area contributed by atoms with Crippen molar-refractivity contribution in [3.63, 3.8) is 0 Å². The van der Waals surface area contributed by atoms with Gasteiger partial charge in [0.2, 0.25) is 5.69 Å².